The average molecular weight is 315 g/mol. The molecule has 0 bridgehead atoms. The zero-order chi connectivity index (χ0) is 16.5. The second-order valence-electron chi connectivity index (χ2n) is 5.39. The van der Waals surface area contributed by atoms with Crippen LogP contribution in [0.4, 0.5) is 4.39 Å². The lowest BCUT2D eigenvalue weighted by Gasteiger charge is -2.07. The number of carbonyl (C=O) groups excluding carboxylic acids is 1. The molecule has 0 heterocycles. The Kier molecular flexibility index (Phi) is 6.60. The van der Waals surface area contributed by atoms with Crippen molar-refractivity contribution in [3.8, 4) is 5.75 Å². The topological polar surface area (TPSA) is 38.3 Å². The summed E-state index contributed by atoms with van der Waals surface area (Å²) in [5.41, 5.74) is 1.80. The highest BCUT2D eigenvalue weighted by Gasteiger charge is 2.05. The van der Waals surface area contributed by atoms with Crippen LogP contribution in [0.15, 0.2) is 48.5 Å². The zero-order valence-corrected chi connectivity index (χ0v) is 13.3. The lowest BCUT2D eigenvalue weighted by Crippen LogP contribution is -2.25. The first kappa shape index (κ1) is 17.0. The van der Waals surface area contributed by atoms with Gasteiger partial charge in [-0.15, -0.1) is 0 Å². The molecular formula is C19H22FNO2. The molecule has 0 aliphatic rings. The number of rotatable bonds is 8. The van der Waals surface area contributed by atoms with Gasteiger partial charge in [-0.05, 0) is 48.6 Å². The molecule has 0 aromatic heterocycles. The number of hydrogen-bond donors (Lipinski definition) is 1. The second-order valence-corrected chi connectivity index (χ2v) is 5.39. The van der Waals surface area contributed by atoms with Crippen molar-refractivity contribution >= 4 is 5.91 Å². The molecule has 0 spiro atoms. The van der Waals surface area contributed by atoms with Crippen LogP contribution in [-0.2, 0) is 17.6 Å². The third-order valence-electron chi connectivity index (χ3n) is 3.70. The van der Waals surface area contributed by atoms with Gasteiger partial charge >= 0.3 is 0 Å². The van der Waals surface area contributed by atoms with Gasteiger partial charge in [0.15, 0.2) is 0 Å². The Hall–Kier alpha value is -2.36. The van der Waals surface area contributed by atoms with Gasteiger partial charge in [0.2, 0.25) is 5.91 Å². The first-order valence-electron chi connectivity index (χ1n) is 7.82. The summed E-state index contributed by atoms with van der Waals surface area (Å²) >= 11 is 0. The van der Waals surface area contributed by atoms with E-state index in [1.807, 2.05) is 24.3 Å². The molecule has 2 rings (SSSR count). The monoisotopic (exact) mass is 315 g/mol. The van der Waals surface area contributed by atoms with Crippen molar-refractivity contribution in [2.75, 3.05) is 13.7 Å². The van der Waals surface area contributed by atoms with Gasteiger partial charge in [0.1, 0.15) is 11.6 Å². The second kappa shape index (κ2) is 8.93. The van der Waals surface area contributed by atoms with Crippen LogP contribution in [0.1, 0.15) is 24.0 Å². The molecular weight excluding hydrogens is 293 g/mol. The summed E-state index contributed by atoms with van der Waals surface area (Å²) < 4.78 is 18.6. The maximum absolute atomic E-state index is 13.4. The molecule has 0 saturated carbocycles. The minimum atomic E-state index is -0.250. The van der Waals surface area contributed by atoms with E-state index in [0.29, 0.717) is 24.9 Å². The standard InChI is InChI=1S/C19H22FNO2/c1-23-17-11-8-15(9-12-17)5-4-14-21-19(22)13-10-16-6-2-3-7-18(16)20/h2-3,6-9,11-12H,4-5,10,13-14H2,1H3,(H,21,22). The fourth-order valence-electron chi connectivity index (χ4n) is 2.35. The smallest absolute Gasteiger partial charge is 0.220 e. The molecule has 1 N–H and O–H groups in total. The van der Waals surface area contributed by atoms with E-state index < -0.39 is 0 Å². The first-order chi connectivity index (χ1) is 11.2. The van der Waals surface area contributed by atoms with E-state index in [0.717, 1.165) is 18.6 Å². The zero-order valence-electron chi connectivity index (χ0n) is 13.3. The molecule has 0 aliphatic heterocycles. The number of methoxy groups -OCH3 is 1. The Morgan fingerprint density at radius 2 is 1.83 bits per heavy atom. The average Bonchev–Trinajstić information content (AvgIpc) is 2.58. The molecule has 0 radical (unpaired) electrons. The van der Waals surface area contributed by atoms with Crippen molar-refractivity contribution in [1.82, 2.24) is 5.32 Å². The van der Waals surface area contributed by atoms with E-state index in [4.69, 9.17) is 4.74 Å². The number of nitrogens with one attached hydrogen (secondary N) is 1. The fraction of sp³-hybridized carbons (Fsp3) is 0.316. The Morgan fingerprint density at radius 1 is 1.09 bits per heavy atom. The maximum Gasteiger partial charge on any atom is 0.220 e. The van der Waals surface area contributed by atoms with Crippen molar-refractivity contribution in [3.63, 3.8) is 0 Å². The van der Waals surface area contributed by atoms with E-state index in [-0.39, 0.29) is 11.7 Å². The highest BCUT2D eigenvalue weighted by molar-refractivity contribution is 5.76. The summed E-state index contributed by atoms with van der Waals surface area (Å²) in [4.78, 5) is 11.8. The SMILES string of the molecule is COc1ccc(CCCNC(=O)CCc2ccccc2F)cc1. The molecule has 1 amide bonds. The number of benzene rings is 2. The van der Waals surface area contributed by atoms with E-state index in [1.165, 1.54) is 11.6 Å². The Bertz CT molecular complexity index is 626. The molecule has 0 atom stereocenters. The number of hydrogen-bond acceptors (Lipinski definition) is 2. The van der Waals surface area contributed by atoms with Crippen molar-refractivity contribution in [2.24, 2.45) is 0 Å². The van der Waals surface area contributed by atoms with Crippen LogP contribution in [0.3, 0.4) is 0 Å². The first-order valence-corrected chi connectivity index (χ1v) is 7.82. The number of halogens is 1. The van der Waals surface area contributed by atoms with Crippen LogP contribution >= 0.6 is 0 Å². The normalized spacial score (nSPS) is 10.3. The van der Waals surface area contributed by atoms with E-state index in [1.54, 1.807) is 25.3 Å². The Labute approximate surface area is 136 Å². The minimum Gasteiger partial charge on any atom is -0.497 e. The molecule has 0 fully saturated rings. The van der Waals surface area contributed by atoms with Gasteiger partial charge in [-0.1, -0.05) is 30.3 Å². The van der Waals surface area contributed by atoms with Crippen LogP contribution in [0.5, 0.6) is 5.75 Å². The van der Waals surface area contributed by atoms with Gasteiger partial charge in [-0.3, -0.25) is 4.79 Å². The predicted octanol–water partition coefficient (Wildman–Crippen LogP) is 3.52. The van der Waals surface area contributed by atoms with Gasteiger partial charge in [0.05, 0.1) is 7.11 Å². The van der Waals surface area contributed by atoms with E-state index >= 15 is 0 Å². The van der Waals surface area contributed by atoms with Crippen molar-refractivity contribution in [1.29, 1.82) is 0 Å². The molecule has 0 aliphatic carbocycles. The molecule has 3 nitrogen and oxygen atoms in total. The van der Waals surface area contributed by atoms with Crippen molar-refractivity contribution < 1.29 is 13.9 Å². The van der Waals surface area contributed by atoms with Crippen LogP contribution in [0.2, 0.25) is 0 Å². The molecule has 4 heteroatoms. The summed E-state index contributed by atoms with van der Waals surface area (Å²) in [6.45, 7) is 0.627. The van der Waals surface area contributed by atoms with Gasteiger partial charge in [0.25, 0.3) is 0 Å². The maximum atomic E-state index is 13.4. The van der Waals surface area contributed by atoms with E-state index in [9.17, 15) is 9.18 Å². The van der Waals surface area contributed by atoms with Crippen LogP contribution in [0.25, 0.3) is 0 Å². The largest absolute Gasteiger partial charge is 0.497 e. The molecule has 23 heavy (non-hydrogen) atoms. The van der Waals surface area contributed by atoms with Gasteiger partial charge in [-0.25, -0.2) is 4.39 Å². The summed E-state index contributed by atoms with van der Waals surface area (Å²) in [6.07, 6.45) is 2.51. The van der Waals surface area contributed by atoms with Crippen molar-refractivity contribution in [3.05, 3.63) is 65.5 Å². The Balaban J connectivity index is 1.63. The quantitative estimate of drug-likeness (QED) is 0.757. The lowest BCUT2D eigenvalue weighted by atomic mass is 10.1. The number of ether oxygens (including phenoxy) is 1. The number of aryl methyl sites for hydroxylation is 2. The van der Waals surface area contributed by atoms with Gasteiger partial charge < -0.3 is 10.1 Å². The third-order valence-corrected chi connectivity index (χ3v) is 3.70. The van der Waals surface area contributed by atoms with Crippen molar-refractivity contribution in [2.45, 2.75) is 25.7 Å². The summed E-state index contributed by atoms with van der Waals surface area (Å²) in [5, 5.41) is 2.88. The highest BCUT2D eigenvalue weighted by Crippen LogP contribution is 2.12. The van der Waals surface area contributed by atoms with Crippen LogP contribution in [0, 0.1) is 5.82 Å². The number of amides is 1. The van der Waals surface area contributed by atoms with Crippen LogP contribution in [-0.4, -0.2) is 19.6 Å². The van der Waals surface area contributed by atoms with E-state index in [2.05, 4.69) is 5.32 Å². The molecule has 0 saturated heterocycles. The Morgan fingerprint density at radius 3 is 2.52 bits per heavy atom. The van der Waals surface area contributed by atoms with Gasteiger partial charge in [-0.2, -0.15) is 0 Å². The summed E-state index contributed by atoms with van der Waals surface area (Å²) in [7, 11) is 1.64. The number of carbonyl (C=O) groups is 1. The van der Waals surface area contributed by atoms with Gasteiger partial charge in [0, 0.05) is 13.0 Å². The highest BCUT2D eigenvalue weighted by atomic mass is 19.1. The molecule has 122 valence electrons. The minimum absolute atomic E-state index is 0.0389. The molecule has 2 aromatic rings. The summed E-state index contributed by atoms with van der Waals surface area (Å²) in [5.74, 6) is 0.554. The molecule has 2 aromatic carbocycles. The third kappa shape index (κ3) is 5.74. The lowest BCUT2D eigenvalue weighted by molar-refractivity contribution is -0.121. The van der Waals surface area contributed by atoms with Crippen LogP contribution < -0.4 is 10.1 Å². The molecule has 0 unspecified atom stereocenters. The summed E-state index contributed by atoms with van der Waals surface area (Å²) in [6, 6.07) is 14.5. The predicted molar refractivity (Wildman–Crippen MR) is 89.0 cm³/mol. The fourth-order valence-corrected chi connectivity index (χ4v) is 2.35.